The minimum atomic E-state index is -4.41. The van der Waals surface area contributed by atoms with Crippen LogP contribution in [-0.4, -0.2) is 28.3 Å². The summed E-state index contributed by atoms with van der Waals surface area (Å²) in [6, 6.07) is 8.09. The molecular formula is C19H18BrF3N4OS. The molecule has 0 saturated carbocycles. The van der Waals surface area contributed by atoms with E-state index in [1.807, 2.05) is 6.07 Å². The third-order valence-corrected chi connectivity index (χ3v) is 6.36. The van der Waals surface area contributed by atoms with E-state index < -0.39 is 17.8 Å². The molecule has 0 saturated heterocycles. The van der Waals surface area contributed by atoms with Gasteiger partial charge in [-0.1, -0.05) is 18.2 Å². The predicted octanol–water partition coefficient (Wildman–Crippen LogP) is 4.23. The third-order valence-electron chi connectivity index (χ3n) is 4.32. The number of hydrogen-bond acceptors (Lipinski definition) is 4. The van der Waals surface area contributed by atoms with Crippen LogP contribution in [0.2, 0.25) is 0 Å². The molecule has 1 amide bonds. The fourth-order valence-corrected chi connectivity index (χ4v) is 4.70. The largest absolute Gasteiger partial charge is 0.416 e. The number of nitrogens with zero attached hydrogens (tertiary/aromatic N) is 2. The summed E-state index contributed by atoms with van der Waals surface area (Å²) in [7, 11) is 1.81. The molecule has 3 rings (SSSR count). The van der Waals surface area contributed by atoms with Crippen molar-refractivity contribution in [2.24, 2.45) is 12.8 Å². The Balaban J connectivity index is 1.73. The molecule has 0 fully saturated rings. The molecule has 0 radical (unpaired) electrons. The molecule has 0 aliphatic heterocycles. The SMILES string of the molecule is Cn1nccc1-c1sc(C(=O)NC(CN)Cc2cccc(C(F)(F)F)c2)cc1Br. The molecule has 0 spiro atoms. The average molecular weight is 487 g/mol. The van der Waals surface area contributed by atoms with E-state index in [-0.39, 0.29) is 18.9 Å². The van der Waals surface area contributed by atoms with Crippen LogP contribution in [0.5, 0.6) is 0 Å². The fourth-order valence-electron chi connectivity index (χ4n) is 2.86. The summed E-state index contributed by atoms with van der Waals surface area (Å²) in [4.78, 5) is 14.0. The lowest BCUT2D eigenvalue weighted by molar-refractivity contribution is -0.137. The zero-order valence-electron chi connectivity index (χ0n) is 15.3. The fraction of sp³-hybridized carbons (Fsp3) is 0.263. The molecule has 29 heavy (non-hydrogen) atoms. The number of nitrogens with one attached hydrogen (secondary N) is 1. The van der Waals surface area contributed by atoms with Gasteiger partial charge in [-0.05, 0) is 46.1 Å². The summed E-state index contributed by atoms with van der Waals surface area (Å²) in [6.45, 7) is 0.100. The number of nitrogens with two attached hydrogens (primary N) is 1. The summed E-state index contributed by atoms with van der Waals surface area (Å²) >= 11 is 4.76. The number of thiophene rings is 1. The van der Waals surface area contributed by atoms with Crippen molar-refractivity contribution >= 4 is 33.2 Å². The second-order valence-electron chi connectivity index (χ2n) is 6.44. The molecular weight excluding hydrogens is 469 g/mol. The van der Waals surface area contributed by atoms with Crippen molar-refractivity contribution in [1.82, 2.24) is 15.1 Å². The Hall–Kier alpha value is -2.17. The lowest BCUT2D eigenvalue weighted by atomic mass is 10.0. The predicted molar refractivity (Wildman–Crippen MR) is 110 cm³/mol. The molecule has 2 heterocycles. The molecule has 0 aliphatic carbocycles. The van der Waals surface area contributed by atoms with Gasteiger partial charge in [0.15, 0.2) is 0 Å². The number of hydrogen-bond donors (Lipinski definition) is 2. The maximum Gasteiger partial charge on any atom is 0.416 e. The van der Waals surface area contributed by atoms with E-state index in [2.05, 4.69) is 26.3 Å². The minimum Gasteiger partial charge on any atom is -0.347 e. The van der Waals surface area contributed by atoms with Gasteiger partial charge in [-0.15, -0.1) is 11.3 Å². The van der Waals surface area contributed by atoms with Crippen molar-refractivity contribution in [1.29, 1.82) is 0 Å². The van der Waals surface area contributed by atoms with Gasteiger partial charge in [0.05, 0.1) is 21.0 Å². The number of carbonyl (C=O) groups is 1. The molecule has 1 aromatic carbocycles. The highest BCUT2D eigenvalue weighted by Gasteiger charge is 2.30. The molecule has 0 bridgehead atoms. The standard InChI is InChI=1S/C19H18BrF3N4OS/c1-27-15(5-6-25-27)17-14(20)9-16(29-17)18(28)26-13(10-24)8-11-3-2-4-12(7-11)19(21,22)23/h2-7,9,13H,8,10,24H2,1H3,(H,26,28). The van der Waals surface area contributed by atoms with E-state index in [1.165, 1.54) is 17.4 Å². The van der Waals surface area contributed by atoms with Gasteiger partial charge in [0.1, 0.15) is 0 Å². The Labute approximate surface area is 177 Å². The van der Waals surface area contributed by atoms with Crippen LogP contribution >= 0.6 is 27.3 Å². The van der Waals surface area contributed by atoms with E-state index in [0.29, 0.717) is 10.4 Å². The lowest BCUT2D eigenvalue weighted by Crippen LogP contribution is -2.41. The monoisotopic (exact) mass is 486 g/mol. The summed E-state index contributed by atoms with van der Waals surface area (Å²) in [6.07, 6.45) is -2.54. The van der Waals surface area contributed by atoms with Crippen LogP contribution in [0.1, 0.15) is 20.8 Å². The maximum absolute atomic E-state index is 12.9. The van der Waals surface area contributed by atoms with E-state index in [0.717, 1.165) is 27.2 Å². The molecule has 1 atom stereocenters. The quantitative estimate of drug-likeness (QED) is 0.547. The zero-order valence-corrected chi connectivity index (χ0v) is 17.7. The third kappa shape index (κ3) is 5.06. The Bertz CT molecular complexity index is 1020. The van der Waals surface area contributed by atoms with Crippen LogP contribution in [0.15, 0.2) is 47.1 Å². The summed E-state index contributed by atoms with van der Waals surface area (Å²) < 4.78 is 41.2. The molecule has 0 aliphatic rings. The molecule has 3 N–H and O–H groups in total. The van der Waals surface area contributed by atoms with E-state index in [1.54, 1.807) is 30.1 Å². The number of amides is 1. The van der Waals surface area contributed by atoms with Crippen LogP contribution in [0.3, 0.4) is 0 Å². The lowest BCUT2D eigenvalue weighted by Gasteiger charge is -2.17. The van der Waals surface area contributed by atoms with Crippen LogP contribution in [0.4, 0.5) is 13.2 Å². The number of aryl methyl sites for hydroxylation is 1. The Kier molecular flexibility index (Phi) is 6.45. The highest BCUT2D eigenvalue weighted by molar-refractivity contribution is 9.10. The van der Waals surface area contributed by atoms with E-state index >= 15 is 0 Å². The number of carbonyl (C=O) groups excluding carboxylic acids is 1. The number of benzene rings is 1. The van der Waals surface area contributed by atoms with Crippen LogP contribution in [0.25, 0.3) is 10.6 Å². The Morgan fingerprint density at radius 3 is 2.72 bits per heavy atom. The number of alkyl halides is 3. The molecule has 154 valence electrons. The van der Waals surface area contributed by atoms with Crippen LogP contribution < -0.4 is 11.1 Å². The summed E-state index contributed by atoms with van der Waals surface area (Å²) in [5.74, 6) is -0.327. The van der Waals surface area contributed by atoms with Crippen molar-refractivity contribution in [3.63, 3.8) is 0 Å². The van der Waals surface area contributed by atoms with Gasteiger partial charge in [-0.25, -0.2) is 0 Å². The molecule has 2 aromatic heterocycles. The Morgan fingerprint density at radius 2 is 2.10 bits per heavy atom. The number of halogens is 4. The first-order chi connectivity index (χ1) is 13.7. The smallest absolute Gasteiger partial charge is 0.347 e. The normalized spacial score (nSPS) is 12.8. The summed E-state index contributed by atoms with van der Waals surface area (Å²) in [5.41, 5.74) is 6.34. The molecule has 3 aromatic rings. The molecule has 1 unspecified atom stereocenters. The molecule has 10 heteroatoms. The second kappa shape index (κ2) is 8.68. The van der Waals surface area contributed by atoms with Crippen molar-refractivity contribution in [2.75, 3.05) is 6.54 Å². The topological polar surface area (TPSA) is 72.9 Å². The van der Waals surface area contributed by atoms with Gasteiger partial charge in [-0.3, -0.25) is 9.48 Å². The van der Waals surface area contributed by atoms with Crippen LogP contribution in [-0.2, 0) is 19.6 Å². The molecule has 5 nitrogen and oxygen atoms in total. The maximum atomic E-state index is 12.9. The van der Waals surface area contributed by atoms with Crippen molar-refractivity contribution in [3.05, 3.63) is 63.1 Å². The van der Waals surface area contributed by atoms with Crippen molar-refractivity contribution < 1.29 is 18.0 Å². The highest BCUT2D eigenvalue weighted by atomic mass is 79.9. The first-order valence-electron chi connectivity index (χ1n) is 8.64. The number of rotatable bonds is 6. The van der Waals surface area contributed by atoms with Crippen molar-refractivity contribution in [2.45, 2.75) is 18.6 Å². The van der Waals surface area contributed by atoms with Gasteiger partial charge in [0, 0.05) is 30.3 Å². The van der Waals surface area contributed by atoms with Gasteiger partial charge in [0.25, 0.3) is 5.91 Å². The van der Waals surface area contributed by atoms with E-state index in [4.69, 9.17) is 5.73 Å². The summed E-state index contributed by atoms with van der Waals surface area (Å²) in [5, 5.41) is 6.94. The Morgan fingerprint density at radius 1 is 1.34 bits per heavy atom. The second-order valence-corrected chi connectivity index (χ2v) is 8.34. The first-order valence-corrected chi connectivity index (χ1v) is 10.2. The van der Waals surface area contributed by atoms with Gasteiger partial charge in [0.2, 0.25) is 0 Å². The van der Waals surface area contributed by atoms with Gasteiger partial charge in [-0.2, -0.15) is 18.3 Å². The zero-order chi connectivity index (χ0) is 21.2. The van der Waals surface area contributed by atoms with Crippen molar-refractivity contribution in [3.8, 4) is 10.6 Å². The van der Waals surface area contributed by atoms with Gasteiger partial charge >= 0.3 is 6.18 Å². The number of aromatic nitrogens is 2. The minimum absolute atomic E-state index is 0.100. The van der Waals surface area contributed by atoms with E-state index in [9.17, 15) is 18.0 Å². The highest BCUT2D eigenvalue weighted by Crippen LogP contribution is 2.36. The average Bonchev–Trinajstić information content (AvgIpc) is 3.25. The first kappa shape index (κ1) is 21.5. The van der Waals surface area contributed by atoms with Crippen LogP contribution in [0, 0.1) is 0 Å². The van der Waals surface area contributed by atoms with Gasteiger partial charge < -0.3 is 11.1 Å².